The first-order chi connectivity index (χ1) is 29.8. The zero-order valence-electron chi connectivity index (χ0n) is 38.5. The lowest BCUT2D eigenvalue weighted by molar-refractivity contribution is -0.212. The number of alkyl carbamates (subject to hydrolysis) is 1. The third-order valence-corrected chi connectivity index (χ3v) is 12.3. The fraction of sp³-hybridized carbons (Fsp3) is 0.630. The Balaban J connectivity index is 1.98. The van der Waals surface area contributed by atoms with Crippen molar-refractivity contribution in [2.45, 2.75) is 143 Å². The van der Waals surface area contributed by atoms with Crippen molar-refractivity contribution < 1.29 is 43.4 Å². The first-order valence-corrected chi connectivity index (χ1v) is 22.9. The summed E-state index contributed by atoms with van der Waals surface area (Å²) in [5.41, 5.74) is 0.255. The summed E-state index contributed by atoms with van der Waals surface area (Å²) < 4.78 is 5.97. The molecule has 5 N–H and O–H groups in total. The molecule has 0 radical (unpaired) electrons. The summed E-state index contributed by atoms with van der Waals surface area (Å²) in [6, 6.07) is 4.45. The number of nitrogens with zero attached hydrogens (tertiary/aromatic N) is 3. The number of thiazole rings is 1. The molecule has 1 aromatic carbocycles. The van der Waals surface area contributed by atoms with E-state index in [0.717, 1.165) is 36.3 Å². The Bertz CT molecular complexity index is 1880. The molecule has 1 aliphatic rings. The lowest BCUT2D eigenvalue weighted by atomic mass is 9.84. The average molecular weight is 896 g/mol. The maximum Gasteiger partial charge on any atom is 0.407 e. The minimum Gasteiger partial charge on any atom is -0.481 e. The van der Waals surface area contributed by atoms with Gasteiger partial charge in [-0.25, -0.2) is 14.8 Å². The number of aliphatic carboxylic acids is 1. The van der Waals surface area contributed by atoms with Gasteiger partial charge in [0.2, 0.25) is 11.8 Å². The van der Waals surface area contributed by atoms with Crippen molar-refractivity contribution in [1.82, 2.24) is 30.9 Å². The highest BCUT2D eigenvalue weighted by Crippen LogP contribution is 2.32. The molecule has 17 heteroatoms. The van der Waals surface area contributed by atoms with E-state index in [1.165, 1.54) is 12.0 Å². The van der Waals surface area contributed by atoms with Gasteiger partial charge in [0.25, 0.3) is 11.8 Å². The van der Waals surface area contributed by atoms with Crippen LogP contribution >= 0.6 is 11.3 Å². The predicted octanol–water partition coefficient (Wildman–Crippen LogP) is 6.33. The Morgan fingerprint density at radius 2 is 1.78 bits per heavy atom. The van der Waals surface area contributed by atoms with Crippen molar-refractivity contribution in [3.8, 4) is 12.3 Å². The number of terminal acetylenes is 1. The van der Waals surface area contributed by atoms with Crippen LogP contribution in [-0.4, -0.2) is 107 Å². The number of anilines is 1. The molecule has 63 heavy (non-hydrogen) atoms. The van der Waals surface area contributed by atoms with E-state index in [-0.39, 0.29) is 61.4 Å². The monoisotopic (exact) mass is 895 g/mol. The van der Waals surface area contributed by atoms with Crippen LogP contribution in [-0.2, 0) is 35.2 Å². The van der Waals surface area contributed by atoms with E-state index >= 15 is 0 Å². The van der Waals surface area contributed by atoms with Crippen LogP contribution in [0.5, 0.6) is 0 Å². The molecule has 1 saturated heterocycles. The Labute approximate surface area is 377 Å². The summed E-state index contributed by atoms with van der Waals surface area (Å²) in [4.78, 5) is 92.2. The maximum absolute atomic E-state index is 14.8. The minimum absolute atomic E-state index is 0.0285. The SMILES string of the molecule is C#CCCCON(C(=O)[C@@H](NC(=O)[C@H]1CCCCN1C)[C@@H](C)CC)[C@H](C[C@@H](OC(=O)NCC)c1nc(C(=O)N[C@@H](Cc2ccc(NC(C)=O)cc2)CC(C)(C)C(=O)O)cs1)C(C)C. The highest BCUT2D eigenvalue weighted by atomic mass is 32.1. The van der Waals surface area contributed by atoms with Crippen molar-refractivity contribution in [3.63, 3.8) is 0 Å². The fourth-order valence-corrected chi connectivity index (χ4v) is 8.24. The second-order valence-electron chi connectivity index (χ2n) is 17.4. The topological polar surface area (TPSA) is 209 Å². The van der Waals surface area contributed by atoms with Crippen molar-refractivity contribution in [2.24, 2.45) is 17.3 Å². The van der Waals surface area contributed by atoms with E-state index < -0.39 is 53.5 Å². The number of carbonyl (C=O) groups is 6. The molecule has 0 spiro atoms. The molecule has 1 fully saturated rings. The number of aromatic nitrogens is 1. The third-order valence-electron chi connectivity index (χ3n) is 11.3. The number of hydrogen-bond acceptors (Lipinski definition) is 11. The van der Waals surface area contributed by atoms with Gasteiger partial charge in [-0.1, -0.05) is 52.7 Å². The summed E-state index contributed by atoms with van der Waals surface area (Å²) in [6.07, 6.45) is 8.27. The van der Waals surface area contributed by atoms with Gasteiger partial charge in [0.1, 0.15) is 16.7 Å². The van der Waals surface area contributed by atoms with Gasteiger partial charge in [0.15, 0.2) is 6.10 Å². The number of nitrogens with one attached hydrogen (secondary N) is 4. The van der Waals surface area contributed by atoms with E-state index in [0.29, 0.717) is 42.8 Å². The lowest BCUT2D eigenvalue weighted by Gasteiger charge is -2.39. The van der Waals surface area contributed by atoms with Crippen molar-refractivity contribution in [1.29, 1.82) is 0 Å². The molecule has 0 saturated carbocycles. The molecule has 348 valence electrons. The Morgan fingerprint density at radius 1 is 1.08 bits per heavy atom. The largest absolute Gasteiger partial charge is 0.481 e. The van der Waals surface area contributed by atoms with Gasteiger partial charge in [0, 0.05) is 43.4 Å². The molecule has 0 unspecified atom stereocenters. The molecule has 2 heterocycles. The van der Waals surface area contributed by atoms with Crippen LogP contribution in [0.4, 0.5) is 10.5 Å². The van der Waals surface area contributed by atoms with Gasteiger partial charge in [0.05, 0.1) is 24.1 Å². The van der Waals surface area contributed by atoms with E-state index in [1.54, 1.807) is 50.4 Å². The molecule has 5 amide bonds. The number of amides is 5. The number of hydroxylamine groups is 2. The number of hydrogen-bond donors (Lipinski definition) is 5. The number of ether oxygens (including phenoxy) is 1. The number of unbranched alkanes of at least 4 members (excludes halogenated alkanes) is 1. The highest BCUT2D eigenvalue weighted by molar-refractivity contribution is 7.09. The number of likely N-dealkylation sites (tertiary alicyclic amines) is 1. The number of rotatable bonds is 24. The molecule has 16 nitrogen and oxygen atoms in total. The van der Waals surface area contributed by atoms with Gasteiger partial charge in [-0.05, 0) is 96.0 Å². The van der Waals surface area contributed by atoms with Gasteiger partial charge in [-0.15, -0.1) is 23.7 Å². The van der Waals surface area contributed by atoms with Gasteiger partial charge in [-0.2, -0.15) is 0 Å². The Hall–Kier alpha value is -5.05. The Morgan fingerprint density at radius 3 is 2.37 bits per heavy atom. The first kappa shape index (κ1) is 52.3. The normalized spacial score (nSPS) is 16.7. The number of carboxylic acid groups (broad SMARTS) is 1. The van der Waals surface area contributed by atoms with E-state index in [2.05, 4.69) is 32.2 Å². The molecule has 2 aromatic rings. The van der Waals surface area contributed by atoms with Crippen LogP contribution in [0, 0.1) is 29.6 Å². The smallest absolute Gasteiger partial charge is 0.407 e. The summed E-state index contributed by atoms with van der Waals surface area (Å²) in [6.45, 7) is 15.2. The van der Waals surface area contributed by atoms with E-state index in [9.17, 15) is 33.9 Å². The summed E-state index contributed by atoms with van der Waals surface area (Å²) in [5, 5.41) is 24.5. The summed E-state index contributed by atoms with van der Waals surface area (Å²) >= 11 is 1.11. The van der Waals surface area contributed by atoms with Gasteiger partial charge < -0.3 is 31.1 Å². The van der Waals surface area contributed by atoms with Crippen molar-refractivity contribution in [3.05, 3.63) is 45.9 Å². The molecule has 0 aliphatic carbocycles. The second kappa shape index (κ2) is 25.3. The van der Waals surface area contributed by atoms with Gasteiger partial charge in [-0.3, -0.25) is 33.7 Å². The van der Waals surface area contributed by atoms with Crippen LogP contribution in [0.2, 0.25) is 0 Å². The number of piperidine rings is 1. The quantitative estimate of drug-likeness (QED) is 0.0447. The second-order valence-corrected chi connectivity index (χ2v) is 18.2. The van der Waals surface area contributed by atoms with Crippen LogP contribution in [0.1, 0.15) is 134 Å². The maximum atomic E-state index is 14.8. The van der Waals surface area contributed by atoms with Crippen LogP contribution in [0.25, 0.3) is 0 Å². The average Bonchev–Trinajstić information content (AvgIpc) is 3.72. The molecule has 0 bridgehead atoms. The standard InChI is InChI=1S/C46H69N7O9S/c1-11-14-17-24-61-53(43(57)39(30(6)12-2)51-41(56)36-18-15-16-23-52(36)10)37(29(4)5)26-38(62-45(60)47-13-3)42-50-35(28-63-42)40(55)49-34(27-46(8,9)44(58)59)25-32-19-21-33(22-20-32)48-31(7)54/h1,19-22,28-30,34,36-39H,12-18,23-27H2,2-10H3,(H,47,60)(H,48,54)(H,49,55)(H,51,56)(H,58,59)/t30-,34-,36+,37+,38+,39-/m0/s1. The summed E-state index contributed by atoms with van der Waals surface area (Å²) in [7, 11) is 1.91. The minimum atomic E-state index is -1.19. The number of carbonyl (C=O) groups excluding carboxylic acids is 5. The molecule has 1 aliphatic heterocycles. The van der Waals surface area contributed by atoms with E-state index in [4.69, 9.17) is 16.0 Å². The van der Waals surface area contributed by atoms with Crippen LogP contribution < -0.4 is 21.3 Å². The van der Waals surface area contributed by atoms with Crippen molar-refractivity contribution >= 4 is 52.7 Å². The first-order valence-electron chi connectivity index (χ1n) is 22.0. The van der Waals surface area contributed by atoms with Gasteiger partial charge >= 0.3 is 12.1 Å². The molecule has 1 aromatic heterocycles. The van der Waals surface area contributed by atoms with Crippen LogP contribution in [0.15, 0.2) is 29.6 Å². The zero-order chi connectivity index (χ0) is 46.9. The fourth-order valence-electron chi connectivity index (χ4n) is 7.40. The Kier molecular flexibility index (Phi) is 21.0. The third kappa shape index (κ3) is 16.2. The number of likely N-dealkylation sites (N-methyl/N-ethyl adjacent to an activating group) is 1. The molecule has 6 atom stereocenters. The number of benzene rings is 1. The molecular weight excluding hydrogens is 827 g/mol. The predicted molar refractivity (Wildman–Crippen MR) is 243 cm³/mol. The number of carboxylic acids is 1. The zero-order valence-corrected chi connectivity index (χ0v) is 39.3. The molecular formula is C46H69N7O9S. The molecule has 3 rings (SSSR count). The van der Waals surface area contributed by atoms with Crippen LogP contribution in [0.3, 0.4) is 0 Å². The highest BCUT2D eigenvalue weighted by Gasteiger charge is 2.40. The van der Waals surface area contributed by atoms with Crippen molar-refractivity contribution in [2.75, 3.05) is 32.1 Å². The lowest BCUT2D eigenvalue weighted by Crippen LogP contribution is -2.58. The van der Waals surface area contributed by atoms with E-state index in [1.807, 2.05) is 39.6 Å². The summed E-state index contributed by atoms with van der Waals surface area (Å²) in [5.74, 6) is -0.365.